The summed E-state index contributed by atoms with van der Waals surface area (Å²) < 4.78 is 73.5. The lowest BCUT2D eigenvalue weighted by Crippen LogP contribution is -2.70. The summed E-state index contributed by atoms with van der Waals surface area (Å²) in [6.45, 7) is 7.88. The number of allylic oxidation sites excluding steroid dienone is 4. The number of ether oxygens (including phenoxy) is 8. The van der Waals surface area contributed by atoms with Crippen molar-refractivity contribution in [2.75, 3.05) is 26.4 Å². The normalized spacial score (nSPS) is 25.2. The summed E-state index contributed by atoms with van der Waals surface area (Å²) in [5.74, 6) is -2.35. The Kier molecular flexibility index (Phi) is 65.7. The average Bonchev–Trinajstić information content (AvgIpc) is 0.754. The molecule has 3 fully saturated rings. The maximum Gasteiger partial charge on any atom is 0.472 e. The molecule has 25 nitrogen and oxygen atoms in total. The molecule has 698 valence electrons. The van der Waals surface area contributed by atoms with Crippen LogP contribution < -0.4 is 0 Å². The molecule has 0 aromatic carbocycles. The van der Waals surface area contributed by atoms with Crippen LogP contribution >= 0.6 is 7.82 Å². The molecule has 0 bridgehead atoms. The van der Waals surface area contributed by atoms with Crippen LogP contribution in [0.5, 0.6) is 0 Å². The molecule has 10 N–H and O–H groups in total. The van der Waals surface area contributed by atoms with E-state index in [1.165, 1.54) is 167 Å². The van der Waals surface area contributed by atoms with Gasteiger partial charge >= 0.3 is 31.7 Å². The van der Waals surface area contributed by atoms with Crippen LogP contribution in [-0.4, -0.2) is 205 Å². The van der Waals surface area contributed by atoms with Gasteiger partial charge in [-0.1, -0.05) is 329 Å². The number of aliphatic hydroxyl groups is 9. The molecule has 3 aliphatic rings. The predicted molar refractivity (Wildman–Crippen MR) is 462 cm³/mol. The first-order valence-corrected chi connectivity index (χ1v) is 49.5. The van der Waals surface area contributed by atoms with Crippen molar-refractivity contribution in [1.82, 2.24) is 0 Å². The highest BCUT2D eigenvalue weighted by atomic mass is 31.2. The first-order valence-electron chi connectivity index (χ1n) is 48.0. The van der Waals surface area contributed by atoms with Gasteiger partial charge in [-0.15, -0.1) is 0 Å². The fourth-order valence-corrected chi connectivity index (χ4v) is 16.8. The van der Waals surface area contributed by atoms with E-state index in [0.717, 1.165) is 135 Å². The molecule has 2 aliphatic heterocycles. The van der Waals surface area contributed by atoms with Gasteiger partial charge in [0.25, 0.3) is 0 Å². The van der Waals surface area contributed by atoms with E-state index in [-0.39, 0.29) is 25.7 Å². The van der Waals surface area contributed by atoms with Crippen LogP contribution in [0.1, 0.15) is 407 Å². The van der Waals surface area contributed by atoms with Crippen LogP contribution in [0.2, 0.25) is 0 Å². The van der Waals surface area contributed by atoms with Crippen LogP contribution in [0.25, 0.3) is 0 Å². The number of hydrogen-bond acceptors (Lipinski definition) is 24. The molecule has 119 heavy (non-hydrogen) atoms. The SMILES string of the molecule is CCCCCC/C=C\CCCCCCCCCC(=O)OC(COC(=O)CCCCCCCCCCCCCCCCCC)COP(=O)(O)OC1C(OC2OC(CO)C(O)C(O)C2O)C(O)C(O)C(OC(=O)CCCCCCCCC(C)CCCCCCCC)C1OC1OC(COC(=O)CCCCC/C=C\CCCCCCCC)C(O)C(O)C1O. The molecular weight excluding hydrogens is 1550 g/mol. The van der Waals surface area contributed by atoms with E-state index in [9.17, 15) is 74.6 Å². The zero-order valence-corrected chi connectivity index (χ0v) is 75.5. The maximum atomic E-state index is 14.9. The molecule has 0 spiro atoms. The predicted octanol–water partition coefficient (Wildman–Crippen LogP) is 18.0. The summed E-state index contributed by atoms with van der Waals surface area (Å²) in [6.07, 6.45) is 30.3. The number of unbranched alkanes of at least 4 members (excludes halogenated alkanes) is 45. The van der Waals surface area contributed by atoms with Gasteiger partial charge in [0.1, 0.15) is 92.6 Å². The van der Waals surface area contributed by atoms with Gasteiger partial charge in [0.2, 0.25) is 0 Å². The highest BCUT2D eigenvalue weighted by Gasteiger charge is 2.60. The van der Waals surface area contributed by atoms with Gasteiger partial charge < -0.3 is 88.7 Å². The lowest BCUT2D eigenvalue weighted by molar-refractivity contribution is -0.360. The van der Waals surface area contributed by atoms with E-state index >= 15 is 0 Å². The average molecular weight is 1720 g/mol. The maximum absolute atomic E-state index is 14.9. The van der Waals surface area contributed by atoms with E-state index in [2.05, 4.69) is 58.9 Å². The smallest absolute Gasteiger partial charge is 0.463 e. The molecule has 1 saturated carbocycles. The summed E-state index contributed by atoms with van der Waals surface area (Å²) >= 11 is 0. The highest BCUT2D eigenvalue weighted by molar-refractivity contribution is 7.47. The van der Waals surface area contributed by atoms with Crippen molar-refractivity contribution in [3.63, 3.8) is 0 Å². The molecule has 0 radical (unpaired) electrons. The summed E-state index contributed by atoms with van der Waals surface area (Å²) in [5, 5.41) is 102. The number of aliphatic hydroxyl groups excluding tert-OH is 9. The van der Waals surface area contributed by atoms with Gasteiger partial charge in [0.15, 0.2) is 24.8 Å². The Morgan fingerprint density at radius 1 is 0.353 bits per heavy atom. The van der Waals surface area contributed by atoms with Gasteiger partial charge in [-0.2, -0.15) is 0 Å². The van der Waals surface area contributed by atoms with Gasteiger partial charge in [-0.05, 0) is 83.0 Å². The number of phosphoric acid groups is 1. The molecule has 1 aliphatic carbocycles. The van der Waals surface area contributed by atoms with Gasteiger partial charge in [0, 0.05) is 25.7 Å². The first-order chi connectivity index (χ1) is 57.6. The van der Waals surface area contributed by atoms with Gasteiger partial charge in [-0.25, -0.2) is 4.57 Å². The first kappa shape index (κ1) is 110. The zero-order chi connectivity index (χ0) is 86.9. The molecule has 26 heteroatoms. The molecule has 19 unspecified atom stereocenters. The number of esters is 4. The molecule has 0 amide bonds. The van der Waals surface area contributed by atoms with Crippen LogP contribution in [0.4, 0.5) is 0 Å². The third-order valence-electron chi connectivity index (χ3n) is 23.6. The summed E-state index contributed by atoms with van der Waals surface area (Å²) in [4.78, 5) is 66.6. The topological polar surface area (TPSA) is 380 Å². The molecule has 2 heterocycles. The third-order valence-corrected chi connectivity index (χ3v) is 24.6. The highest BCUT2D eigenvalue weighted by Crippen LogP contribution is 2.49. The van der Waals surface area contributed by atoms with E-state index in [1.807, 2.05) is 0 Å². The molecule has 0 aromatic heterocycles. The molecule has 2 saturated heterocycles. The van der Waals surface area contributed by atoms with Crippen molar-refractivity contribution < 1.29 is 122 Å². The van der Waals surface area contributed by atoms with Crippen LogP contribution in [0.15, 0.2) is 24.3 Å². The number of phosphoric ester groups is 1. The molecule has 3 rings (SSSR count). The van der Waals surface area contributed by atoms with Gasteiger partial charge in [-0.3, -0.25) is 28.2 Å². The Bertz CT molecular complexity index is 2580. The Morgan fingerprint density at radius 2 is 0.681 bits per heavy atom. The third kappa shape index (κ3) is 51.4. The van der Waals surface area contributed by atoms with Crippen LogP contribution in [0.3, 0.4) is 0 Å². The Balaban J connectivity index is 1.92. The number of rotatable bonds is 77. The van der Waals surface area contributed by atoms with Crippen LogP contribution in [-0.2, 0) is 70.7 Å². The fraction of sp³-hybridized carbons (Fsp3) is 0.914. The molecular formula is C93H171O25P. The largest absolute Gasteiger partial charge is 0.472 e. The van der Waals surface area contributed by atoms with E-state index in [4.69, 9.17) is 46.9 Å². The van der Waals surface area contributed by atoms with Crippen molar-refractivity contribution in [2.24, 2.45) is 5.92 Å². The van der Waals surface area contributed by atoms with Crippen molar-refractivity contribution >= 4 is 31.7 Å². The molecule has 0 aromatic rings. The second-order valence-electron chi connectivity index (χ2n) is 34.5. The Labute approximate surface area is 717 Å². The second-order valence-corrected chi connectivity index (χ2v) is 35.9. The summed E-state index contributed by atoms with van der Waals surface area (Å²) in [5.41, 5.74) is 0. The second kappa shape index (κ2) is 71.0. The fourth-order valence-electron chi connectivity index (χ4n) is 15.8. The zero-order valence-electron chi connectivity index (χ0n) is 74.6. The Morgan fingerprint density at radius 3 is 1.10 bits per heavy atom. The quantitative estimate of drug-likeness (QED) is 0.00889. The molecule has 19 atom stereocenters. The van der Waals surface area contributed by atoms with Gasteiger partial charge in [0.05, 0.1) is 13.2 Å². The van der Waals surface area contributed by atoms with Crippen molar-refractivity contribution in [1.29, 1.82) is 0 Å². The van der Waals surface area contributed by atoms with Crippen molar-refractivity contribution in [3.8, 4) is 0 Å². The summed E-state index contributed by atoms with van der Waals surface area (Å²) in [7, 11) is -5.81. The minimum atomic E-state index is -5.81. The van der Waals surface area contributed by atoms with E-state index in [0.29, 0.717) is 50.9 Å². The Hall–Kier alpha value is -3.05. The lowest BCUT2D eigenvalue weighted by Gasteiger charge is -2.50. The number of carbonyl (C=O) groups excluding carboxylic acids is 4. The minimum absolute atomic E-state index is 0.00617. The number of carbonyl (C=O) groups is 4. The monoisotopic (exact) mass is 1720 g/mol. The summed E-state index contributed by atoms with van der Waals surface area (Å²) in [6, 6.07) is 0. The van der Waals surface area contributed by atoms with E-state index < -0.39 is 162 Å². The van der Waals surface area contributed by atoms with Crippen molar-refractivity contribution in [2.45, 2.75) is 511 Å². The number of hydrogen-bond donors (Lipinski definition) is 10. The van der Waals surface area contributed by atoms with E-state index in [1.54, 1.807) is 0 Å². The van der Waals surface area contributed by atoms with Crippen molar-refractivity contribution in [3.05, 3.63) is 24.3 Å². The standard InChI is InChI=1S/C93H171O25P/c1-6-10-14-18-22-25-28-31-33-35-37-40-42-45-52-58-64-76(95)109-69-73(112-78(97)66-60-54-47-44-41-38-34-32-29-26-23-19-15-11-7-2)70-111-119(107,108)118-91-89(116-92-86(105)82(101)80(99)74(68-94)113-92)85(104)84(103)88(115-79(98)67-61-55-49-48-51-57-63-72(5)62-56-50-21-17-13-9-4)90(91)117-93-87(106)83(102)81(100)75(114-93)71-110-77(96)65-59-53-46-43-39-36-30-27-24-20-16-12-8-3/h26,29,36,39,72-75,80-94,99-106H,6-25,27-28,30-35,37-38,40-71H2,1-5H3,(H,107,108)/b29-26-,39-36-. The lowest BCUT2D eigenvalue weighted by atomic mass is 9.84. The minimum Gasteiger partial charge on any atom is -0.463 e. The van der Waals surface area contributed by atoms with Crippen LogP contribution in [0, 0.1) is 5.92 Å².